The fourth-order valence-electron chi connectivity index (χ4n) is 3.77. The number of hydrogen-bond donors (Lipinski definition) is 0. The fourth-order valence-corrected chi connectivity index (χ4v) is 3.77. The number of methoxy groups -OCH3 is 2. The van der Waals surface area contributed by atoms with E-state index in [9.17, 15) is 4.79 Å². The summed E-state index contributed by atoms with van der Waals surface area (Å²) in [7, 11) is 3.22. The second-order valence-corrected chi connectivity index (χ2v) is 7.36. The molecule has 1 aliphatic carbocycles. The molecule has 5 heteroatoms. The molecule has 4 rings (SSSR count). The molecule has 3 aromatic rings. The Hall–Kier alpha value is -3.47. The zero-order valence-electron chi connectivity index (χ0n) is 17.5. The van der Waals surface area contributed by atoms with Crippen molar-refractivity contribution >= 4 is 16.9 Å². The zero-order valence-corrected chi connectivity index (χ0v) is 17.5. The van der Waals surface area contributed by atoms with E-state index in [4.69, 9.17) is 13.9 Å². The van der Waals surface area contributed by atoms with Crippen LogP contribution in [0.4, 0.5) is 0 Å². The van der Waals surface area contributed by atoms with E-state index < -0.39 is 0 Å². The van der Waals surface area contributed by atoms with Gasteiger partial charge in [-0.05, 0) is 42.7 Å². The van der Waals surface area contributed by atoms with Crippen molar-refractivity contribution < 1.29 is 18.7 Å². The number of amides is 1. The van der Waals surface area contributed by atoms with Crippen LogP contribution in [0.3, 0.4) is 0 Å². The Morgan fingerprint density at radius 2 is 1.87 bits per heavy atom. The molecule has 154 valence electrons. The number of hydrogen-bond acceptors (Lipinski definition) is 4. The van der Waals surface area contributed by atoms with Crippen LogP contribution in [-0.4, -0.2) is 31.6 Å². The highest BCUT2D eigenvalue weighted by atomic mass is 16.5. The molecule has 1 aliphatic rings. The summed E-state index contributed by atoms with van der Waals surface area (Å²) in [4.78, 5) is 15.4. The number of para-hydroxylation sites is 1. The quantitative estimate of drug-likeness (QED) is 0.538. The minimum absolute atomic E-state index is 0.119. The minimum Gasteiger partial charge on any atom is -0.493 e. The first kappa shape index (κ1) is 19.8. The van der Waals surface area contributed by atoms with Crippen molar-refractivity contribution in [2.75, 3.05) is 20.8 Å². The summed E-state index contributed by atoms with van der Waals surface area (Å²) in [5.74, 6) is 1.58. The van der Waals surface area contributed by atoms with Gasteiger partial charge in [-0.1, -0.05) is 42.5 Å². The average Bonchev–Trinajstić information content (AvgIpc) is 3.40. The number of carbonyl (C=O) groups excluding carboxylic acids is 1. The Kier molecular flexibility index (Phi) is 5.61. The summed E-state index contributed by atoms with van der Waals surface area (Å²) in [6, 6.07) is 13.5. The molecule has 0 N–H and O–H groups in total. The van der Waals surface area contributed by atoms with Gasteiger partial charge in [-0.2, -0.15) is 0 Å². The molecule has 0 unspecified atom stereocenters. The third-order valence-electron chi connectivity index (χ3n) is 5.39. The van der Waals surface area contributed by atoms with Gasteiger partial charge in [0, 0.05) is 24.0 Å². The highest BCUT2D eigenvalue weighted by Crippen LogP contribution is 2.30. The van der Waals surface area contributed by atoms with Crippen molar-refractivity contribution in [2.24, 2.45) is 0 Å². The molecule has 2 aromatic carbocycles. The van der Waals surface area contributed by atoms with E-state index in [2.05, 4.69) is 12.2 Å². The summed E-state index contributed by atoms with van der Waals surface area (Å²) in [6.45, 7) is 2.91. The molecule has 0 saturated carbocycles. The third kappa shape index (κ3) is 3.83. The maximum absolute atomic E-state index is 13.5. The minimum atomic E-state index is -0.119. The van der Waals surface area contributed by atoms with Gasteiger partial charge in [0.05, 0.1) is 14.2 Å². The van der Waals surface area contributed by atoms with Gasteiger partial charge >= 0.3 is 0 Å². The van der Waals surface area contributed by atoms with Gasteiger partial charge in [0.15, 0.2) is 17.3 Å². The molecule has 30 heavy (non-hydrogen) atoms. The number of nitrogens with zero attached hydrogens (tertiary/aromatic N) is 1. The van der Waals surface area contributed by atoms with E-state index in [0.717, 1.165) is 28.5 Å². The molecule has 0 atom stereocenters. The number of rotatable bonds is 7. The number of furan rings is 1. The van der Waals surface area contributed by atoms with Crippen molar-refractivity contribution in [1.82, 2.24) is 4.90 Å². The van der Waals surface area contributed by atoms with Crippen LogP contribution in [0, 0.1) is 6.92 Å². The van der Waals surface area contributed by atoms with E-state index in [0.29, 0.717) is 30.3 Å². The van der Waals surface area contributed by atoms with Crippen molar-refractivity contribution in [2.45, 2.75) is 19.9 Å². The average molecular weight is 403 g/mol. The number of ether oxygens (including phenoxy) is 2. The summed E-state index contributed by atoms with van der Waals surface area (Å²) in [6.07, 6.45) is 7.05. The van der Waals surface area contributed by atoms with Crippen LogP contribution in [0.1, 0.15) is 28.1 Å². The monoisotopic (exact) mass is 403 g/mol. The summed E-state index contributed by atoms with van der Waals surface area (Å²) >= 11 is 0. The second kappa shape index (κ2) is 8.49. The maximum Gasteiger partial charge on any atom is 0.290 e. The van der Waals surface area contributed by atoms with E-state index in [-0.39, 0.29) is 5.91 Å². The van der Waals surface area contributed by atoms with E-state index in [1.165, 1.54) is 5.57 Å². The number of aryl methyl sites for hydroxylation is 1. The summed E-state index contributed by atoms with van der Waals surface area (Å²) in [5, 5.41) is 0.966. The fraction of sp³-hybridized carbons (Fsp3) is 0.240. The standard InChI is InChI=1S/C25H25NO4/c1-17-20-10-6-7-11-21(20)30-24(17)25(27)26(15-18-8-4-5-9-18)16-19-12-13-22(28-2)23(14-19)29-3/h4-8,10-14H,9,15-16H2,1-3H3. The normalized spacial score (nSPS) is 12.8. The lowest BCUT2D eigenvalue weighted by Crippen LogP contribution is -2.32. The van der Waals surface area contributed by atoms with Crippen LogP contribution in [0.15, 0.2) is 70.7 Å². The first-order valence-corrected chi connectivity index (χ1v) is 9.93. The first-order chi connectivity index (χ1) is 14.6. The van der Waals surface area contributed by atoms with E-state index >= 15 is 0 Å². The number of benzene rings is 2. The smallest absolute Gasteiger partial charge is 0.290 e. The highest BCUT2D eigenvalue weighted by molar-refractivity contribution is 5.99. The van der Waals surface area contributed by atoms with Gasteiger partial charge in [-0.3, -0.25) is 4.79 Å². The van der Waals surface area contributed by atoms with Crippen LogP contribution in [0.25, 0.3) is 11.0 Å². The Labute approximate surface area is 176 Å². The molecule has 1 amide bonds. The van der Waals surface area contributed by atoms with Crippen LogP contribution in [-0.2, 0) is 6.54 Å². The number of allylic oxidation sites excluding steroid dienone is 3. The lowest BCUT2D eigenvalue weighted by molar-refractivity contribution is 0.0727. The first-order valence-electron chi connectivity index (χ1n) is 9.93. The van der Waals surface area contributed by atoms with Crippen LogP contribution >= 0.6 is 0 Å². The van der Waals surface area contributed by atoms with Gasteiger partial charge in [0.1, 0.15) is 5.58 Å². The highest BCUT2D eigenvalue weighted by Gasteiger charge is 2.24. The predicted molar refractivity (Wildman–Crippen MR) is 117 cm³/mol. The molecule has 1 aromatic heterocycles. The van der Waals surface area contributed by atoms with Gasteiger partial charge in [0.2, 0.25) is 0 Å². The molecule has 0 fully saturated rings. The lowest BCUT2D eigenvalue weighted by Gasteiger charge is -2.23. The largest absolute Gasteiger partial charge is 0.493 e. The molecule has 0 saturated heterocycles. The van der Waals surface area contributed by atoms with Gasteiger partial charge < -0.3 is 18.8 Å². The van der Waals surface area contributed by atoms with E-state index in [1.54, 1.807) is 14.2 Å². The van der Waals surface area contributed by atoms with Crippen molar-refractivity contribution in [1.29, 1.82) is 0 Å². The topological polar surface area (TPSA) is 51.9 Å². The van der Waals surface area contributed by atoms with Gasteiger partial charge in [-0.25, -0.2) is 0 Å². The molecule has 0 spiro atoms. The summed E-state index contributed by atoms with van der Waals surface area (Å²) in [5.41, 5.74) is 3.75. The zero-order chi connectivity index (χ0) is 21.1. The van der Waals surface area contributed by atoms with Crippen LogP contribution in [0.5, 0.6) is 11.5 Å². The molecule has 5 nitrogen and oxygen atoms in total. The van der Waals surface area contributed by atoms with Gasteiger partial charge in [-0.15, -0.1) is 0 Å². The molecule has 0 aliphatic heterocycles. The Bertz CT molecular complexity index is 1140. The van der Waals surface area contributed by atoms with Crippen molar-refractivity contribution in [3.63, 3.8) is 0 Å². The SMILES string of the molecule is COc1ccc(CN(CC2=CC=CC2)C(=O)c2oc3ccccc3c2C)cc1OC. The second-order valence-electron chi connectivity index (χ2n) is 7.36. The third-order valence-corrected chi connectivity index (χ3v) is 5.39. The number of fused-ring (bicyclic) bond motifs is 1. The lowest BCUT2D eigenvalue weighted by atomic mass is 10.1. The molecule has 1 heterocycles. The Morgan fingerprint density at radius 1 is 1.07 bits per heavy atom. The summed E-state index contributed by atoms with van der Waals surface area (Å²) < 4.78 is 16.7. The number of carbonyl (C=O) groups is 1. The van der Waals surface area contributed by atoms with Gasteiger partial charge in [0.25, 0.3) is 5.91 Å². The Balaban J connectivity index is 1.67. The van der Waals surface area contributed by atoms with Crippen molar-refractivity contribution in [3.05, 3.63) is 83.2 Å². The maximum atomic E-state index is 13.5. The molecule has 0 radical (unpaired) electrons. The Morgan fingerprint density at radius 3 is 2.57 bits per heavy atom. The predicted octanol–water partition coefficient (Wildman–Crippen LogP) is 5.29. The molecular formula is C25H25NO4. The molecule has 0 bridgehead atoms. The van der Waals surface area contributed by atoms with Crippen molar-refractivity contribution in [3.8, 4) is 11.5 Å². The van der Waals surface area contributed by atoms with E-state index in [1.807, 2.05) is 60.4 Å². The van der Waals surface area contributed by atoms with Crippen LogP contribution < -0.4 is 9.47 Å². The molecular weight excluding hydrogens is 378 g/mol. The van der Waals surface area contributed by atoms with Crippen LogP contribution in [0.2, 0.25) is 0 Å².